The van der Waals surface area contributed by atoms with Crippen molar-refractivity contribution in [1.82, 2.24) is 5.32 Å². The van der Waals surface area contributed by atoms with E-state index in [4.69, 9.17) is 0 Å². The second-order valence-electron chi connectivity index (χ2n) is 5.69. The molecule has 1 aliphatic rings. The standard InChI is InChI=1S/C16H25NO/c1-16(13-18,14-9-5-4-6-10-14)17-15-11-7-2-3-8-12-15/h4-6,9-10,15,17-18H,2-3,7-8,11-13H2,1H3. The molecule has 1 aromatic carbocycles. The largest absolute Gasteiger partial charge is 0.394 e. The molecule has 0 bridgehead atoms. The number of benzene rings is 1. The van der Waals surface area contributed by atoms with E-state index in [1.807, 2.05) is 18.2 Å². The lowest BCUT2D eigenvalue weighted by atomic mass is 9.91. The lowest BCUT2D eigenvalue weighted by Gasteiger charge is -2.34. The summed E-state index contributed by atoms with van der Waals surface area (Å²) in [6.07, 6.45) is 7.82. The van der Waals surface area contributed by atoms with E-state index in [0.717, 1.165) is 0 Å². The van der Waals surface area contributed by atoms with Crippen molar-refractivity contribution in [2.45, 2.75) is 57.0 Å². The molecule has 1 aliphatic carbocycles. The highest BCUT2D eigenvalue weighted by Crippen LogP contribution is 2.25. The molecule has 0 aromatic heterocycles. The smallest absolute Gasteiger partial charge is 0.0652 e. The second kappa shape index (κ2) is 6.35. The van der Waals surface area contributed by atoms with Crippen LogP contribution in [0.1, 0.15) is 51.0 Å². The van der Waals surface area contributed by atoms with Crippen LogP contribution in [0.15, 0.2) is 30.3 Å². The Balaban J connectivity index is 2.07. The molecule has 0 heterocycles. The number of rotatable bonds is 4. The van der Waals surface area contributed by atoms with Crippen LogP contribution < -0.4 is 5.32 Å². The zero-order chi connectivity index (χ0) is 12.8. The van der Waals surface area contributed by atoms with Gasteiger partial charge in [0.1, 0.15) is 0 Å². The third-order valence-corrected chi connectivity index (χ3v) is 4.11. The Morgan fingerprint density at radius 3 is 2.28 bits per heavy atom. The molecule has 100 valence electrons. The van der Waals surface area contributed by atoms with Crippen LogP contribution in [0, 0.1) is 0 Å². The Bertz CT molecular complexity index is 343. The molecule has 1 atom stereocenters. The first-order chi connectivity index (χ1) is 8.74. The summed E-state index contributed by atoms with van der Waals surface area (Å²) in [4.78, 5) is 0. The molecule has 2 N–H and O–H groups in total. The first-order valence-electron chi connectivity index (χ1n) is 7.19. The lowest BCUT2D eigenvalue weighted by Crippen LogP contribution is -2.48. The molecular weight excluding hydrogens is 222 g/mol. The zero-order valence-corrected chi connectivity index (χ0v) is 11.4. The minimum Gasteiger partial charge on any atom is -0.394 e. The van der Waals surface area contributed by atoms with Gasteiger partial charge in [0.25, 0.3) is 0 Å². The normalized spacial score (nSPS) is 21.2. The van der Waals surface area contributed by atoms with Crippen molar-refractivity contribution in [2.24, 2.45) is 0 Å². The molecule has 18 heavy (non-hydrogen) atoms. The molecule has 1 aromatic rings. The van der Waals surface area contributed by atoms with Crippen molar-refractivity contribution in [1.29, 1.82) is 0 Å². The van der Waals surface area contributed by atoms with Gasteiger partial charge >= 0.3 is 0 Å². The topological polar surface area (TPSA) is 32.3 Å². The van der Waals surface area contributed by atoms with Crippen LogP contribution in [0.5, 0.6) is 0 Å². The average Bonchev–Trinajstić information content (AvgIpc) is 2.68. The maximum atomic E-state index is 9.78. The zero-order valence-electron chi connectivity index (χ0n) is 11.4. The number of aliphatic hydroxyl groups excluding tert-OH is 1. The molecule has 0 spiro atoms. The molecule has 1 fully saturated rings. The fourth-order valence-corrected chi connectivity index (χ4v) is 2.90. The Labute approximate surface area is 110 Å². The summed E-state index contributed by atoms with van der Waals surface area (Å²) in [5.41, 5.74) is 0.868. The number of hydrogen-bond acceptors (Lipinski definition) is 2. The molecule has 1 saturated carbocycles. The maximum Gasteiger partial charge on any atom is 0.0652 e. The van der Waals surface area contributed by atoms with E-state index in [9.17, 15) is 5.11 Å². The fourth-order valence-electron chi connectivity index (χ4n) is 2.90. The lowest BCUT2D eigenvalue weighted by molar-refractivity contribution is 0.157. The van der Waals surface area contributed by atoms with Crippen LogP contribution in [0.3, 0.4) is 0 Å². The summed E-state index contributed by atoms with van der Waals surface area (Å²) >= 11 is 0. The Morgan fingerprint density at radius 2 is 1.72 bits per heavy atom. The predicted molar refractivity (Wildman–Crippen MR) is 75.5 cm³/mol. The SMILES string of the molecule is CC(CO)(NC1CCCCCC1)c1ccccc1. The van der Waals surface area contributed by atoms with Crippen molar-refractivity contribution in [3.8, 4) is 0 Å². The van der Waals surface area contributed by atoms with Crippen molar-refractivity contribution in [3.05, 3.63) is 35.9 Å². The first-order valence-corrected chi connectivity index (χ1v) is 7.19. The highest BCUT2D eigenvalue weighted by Gasteiger charge is 2.28. The third-order valence-electron chi connectivity index (χ3n) is 4.11. The van der Waals surface area contributed by atoms with Gasteiger partial charge in [0.15, 0.2) is 0 Å². The van der Waals surface area contributed by atoms with E-state index in [-0.39, 0.29) is 12.1 Å². The van der Waals surface area contributed by atoms with Crippen LogP contribution >= 0.6 is 0 Å². The highest BCUT2D eigenvalue weighted by molar-refractivity contribution is 5.24. The maximum absolute atomic E-state index is 9.78. The predicted octanol–water partition coefficient (Wildman–Crippen LogP) is 3.21. The second-order valence-corrected chi connectivity index (χ2v) is 5.69. The van der Waals surface area contributed by atoms with Crippen LogP contribution in [-0.4, -0.2) is 17.8 Å². The van der Waals surface area contributed by atoms with Crippen LogP contribution in [-0.2, 0) is 5.54 Å². The van der Waals surface area contributed by atoms with Crippen molar-refractivity contribution < 1.29 is 5.11 Å². The van der Waals surface area contributed by atoms with Gasteiger partial charge in [-0.05, 0) is 25.3 Å². The summed E-state index contributed by atoms with van der Waals surface area (Å²) in [5, 5.41) is 13.5. The van der Waals surface area contributed by atoms with Gasteiger partial charge in [0.2, 0.25) is 0 Å². The van der Waals surface area contributed by atoms with E-state index in [0.29, 0.717) is 6.04 Å². The van der Waals surface area contributed by atoms with Gasteiger partial charge in [-0.3, -0.25) is 0 Å². The monoisotopic (exact) mass is 247 g/mol. The minimum absolute atomic E-state index is 0.146. The van der Waals surface area contributed by atoms with Crippen LogP contribution in [0.2, 0.25) is 0 Å². The van der Waals surface area contributed by atoms with Gasteiger partial charge in [-0.1, -0.05) is 56.0 Å². The van der Waals surface area contributed by atoms with Gasteiger partial charge in [-0.2, -0.15) is 0 Å². The van der Waals surface area contributed by atoms with Gasteiger partial charge in [0.05, 0.1) is 12.1 Å². The summed E-state index contributed by atoms with van der Waals surface area (Å²) in [5.74, 6) is 0. The Morgan fingerprint density at radius 1 is 1.11 bits per heavy atom. The van der Waals surface area contributed by atoms with Gasteiger partial charge in [-0.15, -0.1) is 0 Å². The summed E-state index contributed by atoms with van der Waals surface area (Å²) < 4.78 is 0. The molecule has 0 saturated heterocycles. The number of nitrogens with one attached hydrogen (secondary N) is 1. The number of hydrogen-bond donors (Lipinski definition) is 2. The minimum atomic E-state index is -0.309. The van der Waals surface area contributed by atoms with Gasteiger partial charge in [-0.25, -0.2) is 0 Å². The quantitative estimate of drug-likeness (QED) is 0.801. The van der Waals surface area contributed by atoms with Gasteiger partial charge < -0.3 is 10.4 Å². The van der Waals surface area contributed by atoms with E-state index in [2.05, 4.69) is 24.4 Å². The number of aliphatic hydroxyl groups is 1. The first kappa shape index (κ1) is 13.6. The van der Waals surface area contributed by atoms with E-state index < -0.39 is 0 Å². The summed E-state index contributed by atoms with van der Waals surface area (Å²) in [7, 11) is 0. The highest BCUT2D eigenvalue weighted by atomic mass is 16.3. The molecule has 0 amide bonds. The average molecular weight is 247 g/mol. The van der Waals surface area contributed by atoms with Crippen molar-refractivity contribution in [3.63, 3.8) is 0 Å². The molecule has 0 aliphatic heterocycles. The fraction of sp³-hybridized carbons (Fsp3) is 0.625. The Hall–Kier alpha value is -0.860. The van der Waals surface area contributed by atoms with Crippen molar-refractivity contribution >= 4 is 0 Å². The summed E-state index contributed by atoms with van der Waals surface area (Å²) in [6, 6.07) is 10.8. The van der Waals surface area contributed by atoms with Crippen molar-refractivity contribution in [2.75, 3.05) is 6.61 Å². The van der Waals surface area contributed by atoms with E-state index in [1.54, 1.807) is 0 Å². The summed E-state index contributed by atoms with van der Waals surface area (Å²) in [6.45, 7) is 2.25. The molecule has 2 heteroatoms. The Kier molecular flexibility index (Phi) is 4.79. The molecule has 2 rings (SSSR count). The molecule has 1 unspecified atom stereocenters. The molecule has 0 radical (unpaired) electrons. The third kappa shape index (κ3) is 3.33. The molecule has 2 nitrogen and oxygen atoms in total. The molecular formula is C16H25NO. The van der Waals surface area contributed by atoms with E-state index >= 15 is 0 Å². The van der Waals surface area contributed by atoms with Gasteiger partial charge in [0, 0.05) is 6.04 Å². The van der Waals surface area contributed by atoms with E-state index in [1.165, 1.54) is 44.1 Å². The van der Waals surface area contributed by atoms with Crippen LogP contribution in [0.25, 0.3) is 0 Å². The van der Waals surface area contributed by atoms with Crippen LogP contribution in [0.4, 0.5) is 0 Å².